The fourth-order valence-corrected chi connectivity index (χ4v) is 2.18. The predicted octanol–water partition coefficient (Wildman–Crippen LogP) is 1.72. The average molecular weight is 299 g/mol. The summed E-state index contributed by atoms with van der Waals surface area (Å²) in [7, 11) is 1.72. The maximum atomic E-state index is 12.2. The number of hydrogen-bond acceptors (Lipinski definition) is 4. The van der Waals surface area contributed by atoms with Crippen LogP contribution in [0.3, 0.4) is 0 Å². The Morgan fingerprint density at radius 3 is 2.86 bits per heavy atom. The summed E-state index contributed by atoms with van der Waals surface area (Å²) >= 11 is 0. The third-order valence-corrected chi connectivity index (χ3v) is 3.28. The quantitative estimate of drug-likeness (QED) is 0.862. The van der Waals surface area contributed by atoms with E-state index in [0.717, 1.165) is 11.3 Å². The molecule has 0 saturated carbocycles. The molecule has 1 aromatic carbocycles. The van der Waals surface area contributed by atoms with Crippen LogP contribution in [0.5, 0.6) is 0 Å². The van der Waals surface area contributed by atoms with Crippen LogP contribution in [0.15, 0.2) is 54.7 Å². The van der Waals surface area contributed by atoms with Gasteiger partial charge in [-0.05, 0) is 12.1 Å². The second kappa shape index (κ2) is 6.34. The molecular formula is C16H17N3O3. The van der Waals surface area contributed by atoms with Crippen molar-refractivity contribution in [2.45, 2.75) is 6.54 Å². The molecule has 22 heavy (non-hydrogen) atoms. The summed E-state index contributed by atoms with van der Waals surface area (Å²) < 4.78 is 12.2. The van der Waals surface area contributed by atoms with Crippen LogP contribution in [0.25, 0.3) is 5.69 Å². The number of nitrogens with zero attached hydrogens (tertiary/aromatic N) is 3. The van der Waals surface area contributed by atoms with Crippen LogP contribution in [0.4, 0.5) is 0 Å². The number of aromatic nitrogens is 2. The van der Waals surface area contributed by atoms with Crippen molar-refractivity contribution in [3.05, 3.63) is 60.3 Å². The number of hydrogen-bond donors (Lipinski definition) is 0. The Morgan fingerprint density at radius 2 is 2.14 bits per heavy atom. The zero-order valence-electron chi connectivity index (χ0n) is 12.3. The van der Waals surface area contributed by atoms with E-state index in [1.165, 1.54) is 6.26 Å². The summed E-state index contributed by atoms with van der Waals surface area (Å²) in [6.45, 7) is 1.33. The van der Waals surface area contributed by atoms with Crippen LogP contribution in [0, 0.1) is 0 Å². The zero-order valence-corrected chi connectivity index (χ0v) is 12.3. The molecule has 6 nitrogen and oxygen atoms in total. The minimum absolute atomic E-state index is 0.202. The van der Waals surface area contributed by atoms with Crippen LogP contribution < -0.4 is 0 Å². The van der Waals surface area contributed by atoms with E-state index in [1.54, 1.807) is 22.8 Å². The highest BCUT2D eigenvalue weighted by atomic mass is 16.6. The maximum absolute atomic E-state index is 12.2. The highest BCUT2D eigenvalue weighted by Crippen LogP contribution is 2.12. The van der Waals surface area contributed by atoms with Gasteiger partial charge in [-0.2, -0.15) is 5.10 Å². The molecule has 1 aromatic heterocycles. The molecule has 0 bridgehead atoms. The molecule has 0 N–H and O–H groups in total. The topological polar surface area (TPSA) is 56.6 Å². The summed E-state index contributed by atoms with van der Waals surface area (Å²) in [6.07, 6.45) is 5.03. The molecule has 0 fully saturated rings. The summed E-state index contributed by atoms with van der Waals surface area (Å²) in [5, 5.41) is 4.32. The second-order valence-corrected chi connectivity index (χ2v) is 4.99. The van der Waals surface area contributed by atoms with E-state index in [-0.39, 0.29) is 11.7 Å². The summed E-state index contributed by atoms with van der Waals surface area (Å²) in [6, 6.07) is 9.83. The number of likely N-dealkylation sites (N-methyl/N-ethyl adjacent to an activating group) is 1. The van der Waals surface area contributed by atoms with E-state index in [9.17, 15) is 4.79 Å². The first-order valence-corrected chi connectivity index (χ1v) is 7.03. The molecule has 1 aliphatic rings. The first kappa shape index (κ1) is 14.2. The van der Waals surface area contributed by atoms with Crippen LogP contribution >= 0.6 is 0 Å². The summed E-state index contributed by atoms with van der Waals surface area (Å²) in [5.41, 5.74) is 1.92. The standard InChI is InChI=1S/C16H17N3O3/c1-18(16(20)15-12-21-7-8-22-15)10-13-9-17-19(11-13)14-5-3-2-4-6-14/h2-6,9,11-12H,7-8,10H2,1H3. The Bertz CT molecular complexity index is 679. The molecule has 0 aliphatic carbocycles. The first-order chi connectivity index (χ1) is 10.7. The average Bonchev–Trinajstić information content (AvgIpc) is 3.04. The van der Waals surface area contributed by atoms with Crippen molar-refractivity contribution in [1.29, 1.82) is 0 Å². The molecule has 0 radical (unpaired) electrons. The predicted molar refractivity (Wildman–Crippen MR) is 80.0 cm³/mol. The van der Waals surface area contributed by atoms with Crippen molar-refractivity contribution >= 4 is 5.91 Å². The van der Waals surface area contributed by atoms with E-state index in [4.69, 9.17) is 9.47 Å². The molecule has 1 aliphatic heterocycles. The molecule has 114 valence electrons. The molecule has 2 heterocycles. The van der Waals surface area contributed by atoms with Crippen molar-refractivity contribution < 1.29 is 14.3 Å². The lowest BCUT2D eigenvalue weighted by Gasteiger charge is -2.20. The lowest BCUT2D eigenvalue weighted by molar-refractivity contribution is -0.131. The van der Waals surface area contributed by atoms with E-state index in [0.29, 0.717) is 19.8 Å². The van der Waals surface area contributed by atoms with Gasteiger partial charge in [0.2, 0.25) is 5.76 Å². The van der Waals surface area contributed by atoms with Crippen LogP contribution in [-0.4, -0.2) is 40.8 Å². The molecule has 6 heteroatoms. The molecule has 0 atom stereocenters. The Morgan fingerprint density at radius 1 is 1.32 bits per heavy atom. The smallest absolute Gasteiger partial charge is 0.292 e. The second-order valence-electron chi connectivity index (χ2n) is 4.99. The largest absolute Gasteiger partial charge is 0.494 e. The Labute approximate surface area is 128 Å². The Hall–Kier alpha value is -2.76. The van der Waals surface area contributed by atoms with Crippen molar-refractivity contribution in [3.8, 4) is 5.69 Å². The Balaban J connectivity index is 1.67. The minimum Gasteiger partial charge on any atom is -0.494 e. The van der Waals surface area contributed by atoms with E-state index >= 15 is 0 Å². The monoisotopic (exact) mass is 299 g/mol. The molecule has 1 amide bonds. The van der Waals surface area contributed by atoms with Crippen molar-refractivity contribution in [2.75, 3.05) is 20.3 Å². The van der Waals surface area contributed by atoms with E-state index in [2.05, 4.69) is 5.10 Å². The number of amides is 1. The van der Waals surface area contributed by atoms with Crippen LogP contribution in [-0.2, 0) is 20.8 Å². The zero-order chi connectivity index (χ0) is 15.4. The van der Waals surface area contributed by atoms with Gasteiger partial charge in [0.1, 0.15) is 19.5 Å². The molecule has 0 unspecified atom stereocenters. The van der Waals surface area contributed by atoms with Gasteiger partial charge in [-0.25, -0.2) is 4.68 Å². The SMILES string of the molecule is CN(Cc1cnn(-c2ccccc2)c1)C(=O)C1=COCCO1. The van der Waals surface area contributed by atoms with Gasteiger partial charge < -0.3 is 14.4 Å². The fourth-order valence-electron chi connectivity index (χ4n) is 2.18. The third kappa shape index (κ3) is 3.11. The van der Waals surface area contributed by atoms with Crippen molar-refractivity contribution in [1.82, 2.24) is 14.7 Å². The number of benzene rings is 1. The first-order valence-electron chi connectivity index (χ1n) is 7.03. The van der Waals surface area contributed by atoms with E-state index in [1.807, 2.05) is 36.5 Å². The van der Waals surface area contributed by atoms with Crippen molar-refractivity contribution in [3.63, 3.8) is 0 Å². The van der Waals surface area contributed by atoms with Gasteiger partial charge >= 0.3 is 0 Å². The van der Waals surface area contributed by atoms with Gasteiger partial charge in [0.05, 0.1) is 11.9 Å². The van der Waals surface area contributed by atoms with Gasteiger partial charge in [0, 0.05) is 25.4 Å². The van der Waals surface area contributed by atoms with Crippen molar-refractivity contribution in [2.24, 2.45) is 0 Å². The number of ether oxygens (including phenoxy) is 2. The number of carbonyl (C=O) groups excluding carboxylic acids is 1. The highest BCUT2D eigenvalue weighted by molar-refractivity contribution is 5.91. The molecule has 0 spiro atoms. The fraction of sp³-hybridized carbons (Fsp3) is 0.250. The Kier molecular flexibility index (Phi) is 4.09. The minimum atomic E-state index is -0.202. The lowest BCUT2D eigenvalue weighted by Crippen LogP contribution is -2.30. The van der Waals surface area contributed by atoms with Crippen LogP contribution in [0.2, 0.25) is 0 Å². The maximum Gasteiger partial charge on any atom is 0.292 e. The molecular weight excluding hydrogens is 282 g/mol. The van der Waals surface area contributed by atoms with Crippen LogP contribution in [0.1, 0.15) is 5.56 Å². The molecule has 2 aromatic rings. The lowest BCUT2D eigenvalue weighted by atomic mass is 10.3. The summed E-state index contributed by atoms with van der Waals surface area (Å²) in [5.74, 6) is 0.0383. The van der Waals surface area contributed by atoms with Gasteiger partial charge in [-0.15, -0.1) is 0 Å². The normalized spacial score (nSPS) is 13.8. The van der Waals surface area contributed by atoms with Gasteiger partial charge in [-0.1, -0.05) is 18.2 Å². The molecule has 0 saturated heterocycles. The summed E-state index contributed by atoms with van der Waals surface area (Å²) in [4.78, 5) is 13.8. The van der Waals surface area contributed by atoms with Gasteiger partial charge in [0.15, 0.2) is 0 Å². The van der Waals surface area contributed by atoms with Gasteiger partial charge in [-0.3, -0.25) is 4.79 Å². The number of carbonyl (C=O) groups is 1. The molecule has 3 rings (SSSR count). The number of rotatable bonds is 4. The third-order valence-electron chi connectivity index (χ3n) is 3.28. The highest BCUT2D eigenvalue weighted by Gasteiger charge is 2.19. The number of para-hydroxylation sites is 1. The van der Waals surface area contributed by atoms with E-state index < -0.39 is 0 Å². The van der Waals surface area contributed by atoms with Gasteiger partial charge in [0.25, 0.3) is 5.91 Å².